The molecule has 1 aliphatic heterocycles. The molecule has 0 aromatic heterocycles. The van der Waals surface area contributed by atoms with Crippen molar-refractivity contribution < 1.29 is 4.74 Å². The van der Waals surface area contributed by atoms with Gasteiger partial charge in [0.15, 0.2) is 0 Å². The first-order valence-electron chi connectivity index (χ1n) is 9.84. The van der Waals surface area contributed by atoms with E-state index in [-0.39, 0.29) is 5.60 Å². The van der Waals surface area contributed by atoms with E-state index in [0.29, 0.717) is 0 Å². The van der Waals surface area contributed by atoms with Crippen molar-refractivity contribution in [3.63, 3.8) is 0 Å². The number of rotatable bonds is 4. The van der Waals surface area contributed by atoms with Crippen molar-refractivity contribution in [3.8, 4) is 5.75 Å². The van der Waals surface area contributed by atoms with E-state index in [1.165, 1.54) is 39.0 Å². The minimum absolute atomic E-state index is 0.0770. The Morgan fingerprint density at radius 1 is 1.15 bits per heavy atom. The van der Waals surface area contributed by atoms with Crippen molar-refractivity contribution in [1.82, 2.24) is 0 Å². The Kier molecular flexibility index (Phi) is 4.26. The second kappa shape index (κ2) is 6.46. The molecule has 0 spiro atoms. The molecule has 0 N–H and O–H groups in total. The van der Waals surface area contributed by atoms with Gasteiger partial charge < -0.3 is 4.74 Å². The highest BCUT2D eigenvalue weighted by Gasteiger charge is 2.35. The van der Waals surface area contributed by atoms with Gasteiger partial charge in [0.25, 0.3) is 0 Å². The highest BCUT2D eigenvalue weighted by molar-refractivity contribution is 5.80. The molecule has 0 fully saturated rings. The van der Waals surface area contributed by atoms with Crippen LogP contribution in [0, 0.1) is 0 Å². The number of ether oxygens (including phenoxy) is 1. The lowest BCUT2D eigenvalue weighted by Gasteiger charge is -2.38. The van der Waals surface area contributed by atoms with E-state index in [4.69, 9.17) is 4.74 Å². The summed E-state index contributed by atoms with van der Waals surface area (Å²) in [5.41, 5.74) is 9.28. The molecule has 0 amide bonds. The molecule has 4 rings (SSSR count). The average molecular weight is 344 g/mol. The van der Waals surface area contributed by atoms with Gasteiger partial charge in [-0.15, -0.1) is 0 Å². The Balaban J connectivity index is 1.63. The molecule has 2 aliphatic carbocycles. The van der Waals surface area contributed by atoms with Crippen molar-refractivity contribution in [2.24, 2.45) is 0 Å². The molecule has 0 saturated heterocycles. The van der Waals surface area contributed by atoms with Crippen LogP contribution >= 0.6 is 0 Å². The van der Waals surface area contributed by atoms with Gasteiger partial charge >= 0.3 is 0 Å². The fourth-order valence-corrected chi connectivity index (χ4v) is 4.39. The van der Waals surface area contributed by atoms with Gasteiger partial charge in [0.2, 0.25) is 0 Å². The Bertz CT molecular complexity index is 885. The zero-order valence-electron chi connectivity index (χ0n) is 16.2. The summed E-state index contributed by atoms with van der Waals surface area (Å²) in [5, 5.41) is 0. The number of benzene rings is 1. The minimum atomic E-state index is -0.0770. The zero-order chi connectivity index (χ0) is 18.3. The molecule has 26 heavy (non-hydrogen) atoms. The number of fused-ring (bicyclic) bond motifs is 1. The third kappa shape index (κ3) is 2.80. The smallest absolute Gasteiger partial charge is 0.127 e. The predicted octanol–water partition coefficient (Wildman–Crippen LogP) is 7.03. The van der Waals surface area contributed by atoms with Gasteiger partial charge in [0.1, 0.15) is 11.4 Å². The second-order valence-corrected chi connectivity index (χ2v) is 7.78. The minimum Gasteiger partial charge on any atom is -0.486 e. The van der Waals surface area contributed by atoms with E-state index >= 15 is 0 Å². The summed E-state index contributed by atoms with van der Waals surface area (Å²) in [4.78, 5) is 0. The molecule has 0 saturated carbocycles. The van der Waals surface area contributed by atoms with Crippen LogP contribution in [0.25, 0.3) is 11.1 Å². The molecule has 0 unspecified atom stereocenters. The Morgan fingerprint density at radius 2 is 1.96 bits per heavy atom. The van der Waals surface area contributed by atoms with Gasteiger partial charge in [-0.25, -0.2) is 0 Å². The van der Waals surface area contributed by atoms with Crippen LogP contribution in [0.4, 0.5) is 0 Å². The molecule has 3 aliphatic rings. The maximum Gasteiger partial charge on any atom is 0.127 e. The topological polar surface area (TPSA) is 9.23 Å². The van der Waals surface area contributed by atoms with Crippen molar-refractivity contribution in [2.45, 2.75) is 58.5 Å². The van der Waals surface area contributed by atoms with Gasteiger partial charge in [0, 0.05) is 12.0 Å². The summed E-state index contributed by atoms with van der Waals surface area (Å²) in [7, 11) is 0. The highest BCUT2D eigenvalue weighted by Crippen LogP contribution is 2.44. The molecule has 1 heterocycles. The molecule has 1 aromatic rings. The molecule has 0 bridgehead atoms. The molecule has 0 atom stereocenters. The van der Waals surface area contributed by atoms with Gasteiger partial charge in [-0.1, -0.05) is 50.8 Å². The normalized spacial score (nSPS) is 20.8. The Labute approximate surface area is 157 Å². The van der Waals surface area contributed by atoms with E-state index in [9.17, 15) is 0 Å². The Morgan fingerprint density at radius 3 is 2.65 bits per heavy atom. The first-order valence-corrected chi connectivity index (χ1v) is 9.84. The van der Waals surface area contributed by atoms with Crippen LogP contribution in [0.2, 0.25) is 0 Å². The SMILES string of the molecule is C=C1CC(CC)(CC)Oc2ccc(C3=CC(C4=C(C)C=CC4)=CC3)cc21. The van der Waals surface area contributed by atoms with Crippen LogP contribution < -0.4 is 4.74 Å². The summed E-state index contributed by atoms with van der Waals surface area (Å²) >= 11 is 0. The first kappa shape index (κ1) is 17.1. The molecule has 1 nitrogen and oxygen atoms in total. The van der Waals surface area contributed by atoms with E-state index in [0.717, 1.165) is 37.9 Å². The third-order valence-corrected chi connectivity index (χ3v) is 6.27. The highest BCUT2D eigenvalue weighted by atomic mass is 16.5. The quantitative estimate of drug-likeness (QED) is 0.569. The lowest BCUT2D eigenvalue weighted by molar-refractivity contribution is 0.0588. The molecule has 1 aromatic carbocycles. The number of hydrogen-bond acceptors (Lipinski definition) is 1. The monoisotopic (exact) mass is 344 g/mol. The number of allylic oxidation sites excluding steroid dienone is 8. The second-order valence-electron chi connectivity index (χ2n) is 7.78. The summed E-state index contributed by atoms with van der Waals surface area (Å²) in [6, 6.07) is 6.64. The van der Waals surface area contributed by atoms with E-state index in [1.807, 2.05) is 0 Å². The first-order chi connectivity index (χ1) is 12.5. The summed E-state index contributed by atoms with van der Waals surface area (Å²) in [6.45, 7) is 11.0. The third-order valence-electron chi connectivity index (χ3n) is 6.27. The van der Waals surface area contributed by atoms with E-state index < -0.39 is 0 Å². The number of hydrogen-bond donors (Lipinski definition) is 0. The van der Waals surface area contributed by atoms with Crippen molar-refractivity contribution in [1.29, 1.82) is 0 Å². The van der Waals surface area contributed by atoms with E-state index in [1.54, 1.807) is 0 Å². The fourth-order valence-electron chi connectivity index (χ4n) is 4.39. The van der Waals surface area contributed by atoms with Crippen molar-refractivity contribution in [3.05, 3.63) is 76.9 Å². The standard InChI is InChI=1S/C25H28O/c1-5-25(6-2)16-18(4)23-15-20(12-13-24(23)26-25)19-10-11-21(14-19)22-9-7-8-17(22)3/h7-8,11-15H,4-6,9-10,16H2,1-3H3. The molecular formula is C25H28O. The molecule has 134 valence electrons. The van der Waals surface area contributed by atoms with Crippen LogP contribution in [0.5, 0.6) is 5.75 Å². The lowest BCUT2D eigenvalue weighted by atomic mass is 9.83. The molecule has 1 heteroatoms. The molecular weight excluding hydrogens is 316 g/mol. The summed E-state index contributed by atoms with van der Waals surface area (Å²) in [6.07, 6.45) is 14.2. The van der Waals surface area contributed by atoms with Crippen LogP contribution in [0.15, 0.2) is 65.8 Å². The molecule has 0 radical (unpaired) electrons. The largest absolute Gasteiger partial charge is 0.486 e. The van der Waals surface area contributed by atoms with E-state index in [2.05, 4.69) is 69.9 Å². The van der Waals surface area contributed by atoms with Crippen molar-refractivity contribution in [2.75, 3.05) is 0 Å². The van der Waals surface area contributed by atoms with Crippen LogP contribution in [0.3, 0.4) is 0 Å². The van der Waals surface area contributed by atoms with Gasteiger partial charge in [-0.3, -0.25) is 0 Å². The van der Waals surface area contributed by atoms with Crippen molar-refractivity contribution >= 4 is 11.1 Å². The summed E-state index contributed by atoms with van der Waals surface area (Å²) in [5.74, 6) is 0.999. The maximum absolute atomic E-state index is 6.41. The van der Waals surface area contributed by atoms with Gasteiger partial charge in [-0.05, 0) is 78.2 Å². The summed E-state index contributed by atoms with van der Waals surface area (Å²) < 4.78 is 6.41. The van der Waals surface area contributed by atoms with Gasteiger partial charge in [0.05, 0.1) is 0 Å². The van der Waals surface area contributed by atoms with Crippen LogP contribution in [0.1, 0.15) is 64.0 Å². The van der Waals surface area contributed by atoms with Crippen LogP contribution in [-0.4, -0.2) is 5.60 Å². The van der Waals surface area contributed by atoms with Crippen LogP contribution in [-0.2, 0) is 0 Å². The van der Waals surface area contributed by atoms with Gasteiger partial charge in [-0.2, -0.15) is 0 Å². The lowest BCUT2D eigenvalue weighted by Crippen LogP contribution is -2.37. The maximum atomic E-state index is 6.41. The fraction of sp³-hybridized carbons (Fsp3) is 0.360. The predicted molar refractivity (Wildman–Crippen MR) is 111 cm³/mol. The average Bonchev–Trinajstić information content (AvgIpc) is 3.30. The zero-order valence-corrected chi connectivity index (χ0v) is 16.2. The Hall–Kier alpha value is -2.28.